The lowest BCUT2D eigenvalue weighted by molar-refractivity contribution is -0.283. The standard InChI is InChI=1S/C28H36O6/c1-17-15-32-27(30-4)16-25(2)11-12-26(3)19(23(25)22(17)27)13-20-21(14-28(26,31-5)34-20)33-24(29)18-9-7-6-8-10-18/h6-10,17,20-22H,11-16H2,1-5H3/t17-,20-,21+,22+,25+,26-,27-,28-/m1/s1. The minimum atomic E-state index is -0.803. The molecule has 6 nitrogen and oxygen atoms in total. The van der Waals surface area contributed by atoms with Crippen molar-refractivity contribution in [1.82, 2.24) is 0 Å². The van der Waals surface area contributed by atoms with Crippen molar-refractivity contribution in [3.05, 3.63) is 47.0 Å². The predicted molar refractivity (Wildman–Crippen MR) is 125 cm³/mol. The molecule has 5 aliphatic rings. The highest BCUT2D eigenvalue weighted by Crippen LogP contribution is 2.71. The summed E-state index contributed by atoms with van der Waals surface area (Å²) in [7, 11) is 3.53. The maximum atomic E-state index is 12.9. The summed E-state index contributed by atoms with van der Waals surface area (Å²) < 4.78 is 31.4. The minimum Gasteiger partial charge on any atom is -0.456 e. The number of ether oxygens (including phenoxy) is 5. The van der Waals surface area contributed by atoms with Crippen LogP contribution in [0, 0.1) is 22.7 Å². The fraction of sp³-hybridized carbons (Fsp3) is 0.679. The zero-order valence-electron chi connectivity index (χ0n) is 20.9. The third kappa shape index (κ3) is 2.80. The lowest BCUT2D eigenvalue weighted by atomic mass is 9.57. The first-order valence-electron chi connectivity index (χ1n) is 12.6. The van der Waals surface area contributed by atoms with Crippen molar-refractivity contribution in [2.75, 3.05) is 20.8 Å². The zero-order valence-corrected chi connectivity index (χ0v) is 20.9. The third-order valence-electron chi connectivity index (χ3n) is 9.81. The van der Waals surface area contributed by atoms with Gasteiger partial charge < -0.3 is 23.7 Å². The molecule has 3 aliphatic heterocycles. The molecule has 3 saturated heterocycles. The molecule has 0 radical (unpaired) electrons. The van der Waals surface area contributed by atoms with Crippen LogP contribution in [0.5, 0.6) is 0 Å². The molecule has 0 aromatic heterocycles. The summed E-state index contributed by atoms with van der Waals surface area (Å²) in [5.74, 6) is -1.03. The van der Waals surface area contributed by atoms with E-state index in [4.69, 9.17) is 23.7 Å². The summed E-state index contributed by atoms with van der Waals surface area (Å²) in [6, 6.07) is 9.18. The van der Waals surface area contributed by atoms with Crippen molar-refractivity contribution in [2.45, 2.75) is 76.7 Å². The van der Waals surface area contributed by atoms with Crippen molar-refractivity contribution < 1.29 is 28.5 Å². The molecule has 34 heavy (non-hydrogen) atoms. The van der Waals surface area contributed by atoms with Gasteiger partial charge in [0.15, 0.2) is 11.6 Å². The third-order valence-corrected chi connectivity index (χ3v) is 9.81. The van der Waals surface area contributed by atoms with Crippen LogP contribution in [-0.4, -0.2) is 50.6 Å². The number of methoxy groups -OCH3 is 2. The molecular formula is C28H36O6. The largest absolute Gasteiger partial charge is 0.456 e. The summed E-state index contributed by atoms with van der Waals surface area (Å²) in [5, 5.41) is 0. The van der Waals surface area contributed by atoms with Gasteiger partial charge in [-0.25, -0.2) is 4.79 Å². The maximum absolute atomic E-state index is 12.9. The molecule has 0 amide bonds. The number of carbonyl (C=O) groups excluding carboxylic acids is 1. The highest BCUT2D eigenvalue weighted by Gasteiger charge is 2.71. The Morgan fingerprint density at radius 2 is 1.85 bits per heavy atom. The molecule has 4 fully saturated rings. The molecule has 0 N–H and O–H groups in total. The van der Waals surface area contributed by atoms with Gasteiger partial charge >= 0.3 is 5.97 Å². The van der Waals surface area contributed by atoms with E-state index in [0.29, 0.717) is 17.9 Å². The minimum absolute atomic E-state index is 0.0339. The van der Waals surface area contributed by atoms with E-state index < -0.39 is 11.6 Å². The van der Waals surface area contributed by atoms with Gasteiger partial charge in [-0.2, -0.15) is 0 Å². The number of fused-ring (bicyclic) bond motifs is 7. The Kier molecular flexibility index (Phi) is 4.94. The van der Waals surface area contributed by atoms with Crippen LogP contribution in [0.1, 0.15) is 63.2 Å². The molecule has 0 spiro atoms. The highest BCUT2D eigenvalue weighted by molar-refractivity contribution is 5.89. The molecule has 1 aromatic rings. The van der Waals surface area contributed by atoms with Crippen molar-refractivity contribution in [3.8, 4) is 0 Å². The Labute approximate surface area is 201 Å². The van der Waals surface area contributed by atoms with E-state index in [-0.39, 0.29) is 34.9 Å². The predicted octanol–water partition coefficient (Wildman–Crippen LogP) is 4.88. The second kappa shape index (κ2) is 7.39. The lowest BCUT2D eigenvalue weighted by Crippen LogP contribution is -2.55. The lowest BCUT2D eigenvalue weighted by Gasteiger charge is -2.55. The Morgan fingerprint density at radius 1 is 1.09 bits per heavy atom. The smallest absolute Gasteiger partial charge is 0.338 e. The molecule has 0 unspecified atom stereocenters. The van der Waals surface area contributed by atoms with E-state index in [1.165, 1.54) is 11.1 Å². The second-order valence-electron chi connectivity index (χ2n) is 11.6. The molecule has 6 rings (SSSR count). The van der Waals surface area contributed by atoms with Crippen LogP contribution in [0.25, 0.3) is 0 Å². The van der Waals surface area contributed by atoms with Gasteiger partial charge in [0.1, 0.15) is 12.2 Å². The van der Waals surface area contributed by atoms with Crippen molar-refractivity contribution in [2.24, 2.45) is 22.7 Å². The van der Waals surface area contributed by atoms with E-state index in [2.05, 4.69) is 20.8 Å². The fourth-order valence-corrected chi connectivity index (χ4v) is 8.08. The maximum Gasteiger partial charge on any atom is 0.338 e. The molecular weight excluding hydrogens is 432 g/mol. The second-order valence-corrected chi connectivity index (χ2v) is 11.6. The summed E-state index contributed by atoms with van der Waals surface area (Å²) >= 11 is 0. The van der Waals surface area contributed by atoms with Crippen molar-refractivity contribution >= 4 is 5.97 Å². The van der Waals surface area contributed by atoms with Gasteiger partial charge in [-0.1, -0.05) is 50.1 Å². The molecule has 2 bridgehead atoms. The quantitative estimate of drug-likeness (QED) is 0.464. The average Bonchev–Trinajstić information content (AvgIpc) is 3.43. The van der Waals surface area contributed by atoms with Crippen LogP contribution >= 0.6 is 0 Å². The molecule has 1 aromatic carbocycles. The fourth-order valence-electron chi connectivity index (χ4n) is 8.08. The van der Waals surface area contributed by atoms with Crippen LogP contribution < -0.4 is 0 Å². The van der Waals surface area contributed by atoms with Crippen LogP contribution in [0.3, 0.4) is 0 Å². The van der Waals surface area contributed by atoms with E-state index >= 15 is 0 Å². The van der Waals surface area contributed by atoms with Gasteiger partial charge in [-0.15, -0.1) is 0 Å². The van der Waals surface area contributed by atoms with Gasteiger partial charge in [0.2, 0.25) is 0 Å². The van der Waals surface area contributed by atoms with E-state index in [1.807, 2.05) is 18.2 Å². The normalized spacial score (nSPS) is 46.7. The van der Waals surface area contributed by atoms with Crippen LogP contribution in [0.2, 0.25) is 0 Å². The van der Waals surface area contributed by atoms with Crippen molar-refractivity contribution in [3.63, 3.8) is 0 Å². The van der Waals surface area contributed by atoms with Gasteiger partial charge in [0.25, 0.3) is 0 Å². The molecule has 3 heterocycles. The first-order chi connectivity index (χ1) is 16.2. The molecule has 6 heteroatoms. The van der Waals surface area contributed by atoms with E-state index in [9.17, 15) is 4.79 Å². The molecule has 1 saturated carbocycles. The Morgan fingerprint density at radius 3 is 2.56 bits per heavy atom. The number of rotatable bonds is 4. The number of hydrogen-bond acceptors (Lipinski definition) is 6. The van der Waals surface area contributed by atoms with E-state index in [0.717, 1.165) is 32.3 Å². The average molecular weight is 469 g/mol. The number of esters is 1. The Balaban J connectivity index is 1.42. The summed E-state index contributed by atoms with van der Waals surface area (Å²) in [6.45, 7) is 7.67. The van der Waals surface area contributed by atoms with Crippen LogP contribution in [-0.2, 0) is 23.7 Å². The molecule has 2 aliphatic carbocycles. The Bertz CT molecular complexity index is 1040. The number of hydrogen-bond donors (Lipinski definition) is 0. The summed E-state index contributed by atoms with van der Waals surface area (Å²) in [6.07, 6.45) is 3.61. The first kappa shape index (κ1) is 22.7. The SMILES string of the molecule is CO[C@@]12C[C@]3(C)CC[C@]4(C)C(=C3[C@@H]1[C@H](C)CO2)C[C@H]1O[C@]4(OC)C[C@@H]1OC(=O)c1ccccc1. The van der Waals surface area contributed by atoms with E-state index in [1.54, 1.807) is 26.4 Å². The van der Waals surface area contributed by atoms with Gasteiger partial charge in [0.05, 0.1) is 12.2 Å². The van der Waals surface area contributed by atoms with Gasteiger partial charge in [-0.05, 0) is 42.7 Å². The monoisotopic (exact) mass is 468 g/mol. The number of carbonyl (C=O) groups is 1. The zero-order chi connectivity index (χ0) is 23.9. The Hall–Kier alpha value is -1.73. The van der Waals surface area contributed by atoms with Crippen LogP contribution in [0.4, 0.5) is 0 Å². The number of benzene rings is 1. The van der Waals surface area contributed by atoms with Crippen molar-refractivity contribution in [1.29, 1.82) is 0 Å². The van der Waals surface area contributed by atoms with Crippen LogP contribution in [0.15, 0.2) is 41.5 Å². The first-order valence-corrected chi connectivity index (χ1v) is 12.6. The topological polar surface area (TPSA) is 63.2 Å². The highest BCUT2D eigenvalue weighted by atomic mass is 16.7. The van der Waals surface area contributed by atoms with Gasteiger partial charge in [0, 0.05) is 38.4 Å². The molecule has 184 valence electrons. The summed E-state index contributed by atoms with van der Waals surface area (Å²) in [4.78, 5) is 12.9. The van der Waals surface area contributed by atoms with Gasteiger partial charge in [-0.3, -0.25) is 0 Å². The molecule has 8 atom stereocenters. The summed E-state index contributed by atoms with van der Waals surface area (Å²) in [5.41, 5.74) is 3.24.